The highest BCUT2D eigenvalue weighted by Crippen LogP contribution is 2.24. The molecule has 4 nitrogen and oxygen atoms in total. The van der Waals surface area contributed by atoms with Crippen molar-refractivity contribution in [3.8, 4) is 0 Å². The number of likely N-dealkylation sites (N-methyl/N-ethyl adjacent to an activating group) is 1. The Morgan fingerprint density at radius 1 is 1.39 bits per heavy atom. The summed E-state index contributed by atoms with van der Waals surface area (Å²) >= 11 is 0. The lowest BCUT2D eigenvalue weighted by molar-refractivity contribution is -0.157. The summed E-state index contributed by atoms with van der Waals surface area (Å²) in [6.07, 6.45) is -4.50. The normalized spacial score (nSPS) is 23.8. The molecule has 1 fully saturated rings. The molecule has 0 radical (unpaired) electrons. The molecule has 1 rings (SSSR count). The smallest absolute Gasteiger partial charge is 0.348 e. The predicted molar refractivity (Wildman–Crippen MR) is 61.3 cm³/mol. The van der Waals surface area contributed by atoms with Gasteiger partial charge in [-0.3, -0.25) is 4.90 Å². The zero-order valence-electron chi connectivity index (χ0n) is 11.0. The molecule has 0 bridgehead atoms. The minimum absolute atomic E-state index is 0.227. The molecule has 0 aliphatic carbocycles. The molecule has 7 heteroatoms. The summed E-state index contributed by atoms with van der Waals surface area (Å²) in [5.74, 6) is -0.697. The monoisotopic (exact) mass is 270 g/mol. The van der Waals surface area contributed by atoms with E-state index < -0.39 is 18.5 Å². The van der Waals surface area contributed by atoms with E-state index in [0.29, 0.717) is 19.7 Å². The average Bonchev–Trinajstić information content (AvgIpc) is 2.52. The molecule has 0 spiro atoms. The third-order valence-electron chi connectivity index (χ3n) is 2.61. The molecule has 1 heterocycles. The number of rotatable bonds is 6. The van der Waals surface area contributed by atoms with Gasteiger partial charge in [-0.25, -0.2) is 0 Å². The zero-order chi connectivity index (χ0) is 13.8. The minimum Gasteiger partial charge on any atom is -0.348 e. The molecule has 0 aromatic heterocycles. The summed E-state index contributed by atoms with van der Waals surface area (Å²) in [7, 11) is 1.71. The largest absolute Gasteiger partial charge is 0.401 e. The van der Waals surface area contributed by atoms with Crippen LogP contribution in [0, 0.1) is 0 Å². The second-order valence-electron chi connectivity index (χ2n) is 4.90. The summed E-state index contributed by atoms with van der Waals surface area (Å²) in [4.78, 5) is 1.34. The van der Waals surface area contributed by atoms with Crippen LogP contribution in [0.1, 0.15) is 13.8 Å². The van der Waals surface area contributed by atoms with Crippen LogP contribution in [0.4, 0.5) is 13.2 Å². The van der Waals surface area contributed by atoms with Crippen molar-refractivity contribution in [1.29, 1.82) is 0 Å². The van der Waals surface area contributed by atoms with Gasteiger partial charge in [0.25, 0.3) is 0 Å². The van der Waals surface area contributed by atoms with Crippen molar-refractivity contribution in [2.45, 2.75) is 31.9 Å². The standard InChI is InChI=1S/C11H21F3N2O2/c1-10(2)17-7-9(18-10)6-16(5-4-15-3)8-11(12,13)14/h9,15H,4-8H2,1-3H3. The van der Waals surface area contributed by atoms with E-state index in [1.807, 2.05) is 0 Å². The van der Waals surface area contributed by atoms with E-state index in [2.05, 4.69) is 5.32 Å². The number of ether oxygens (including phenoxy) is 2. The Hall–Kier alpha value is -0.370. The number of hydrogen-bond acceptors (Lipinski definition) is 4. The van der Waals surface area contributed by atoms with Crippen LogP contribution < -0.4 is 5.32 Å². The number of nitrogens with zero attached hydrogens (tertiary/aromatic N) is 1. The molecular weight excluding hydrogens is 249 g/mol. The zero-order valence-corrected chi connectivity index (χ0v) is 11.0. The first-order valence-corrected chi connectivity index (χ1v) is 5.97. The molecule has 0 amide bonds. The van der Waals surface area contributed by atoms with Crippen LogP contribution in [0.5, 0.6) is 0 Å². The maximum absolute atomic E-state index is 12.4. The molecule has 1 atom stereocenters. The second-order valence-corrected chi connectivity index (χ2v) is 4.90. The van der Waals surface area contributed by atoms with E-state index in [4.69, 9.17) is 9.47 Å². The van der Waals surface area contributed by atoms with Crippen molar-refractivity contribution in [1.82, 2.24) is 10.2 Å². The second kappa shape index (κ2) is 6.18. The Bertz CT molecular complexity index is 259. The van der Waals surface area contributed by atoms with Crippen molar-refractivity contribution in [2.75, 3.05) is 39.8 Å². The van der Waals surface area contributed by atoms with E-state index in [1.165, 1.54) is 4.90 Å². The van der Waals surface area contributed by atoms with Gasteiger partial charge in [-0.1, -0.05) is 0 Å². The Morgan fingerprint density at radius 2 is 2.06 bits per heavy atom. The van der Waals surface area contributed by atoms with Crippen LogP contribution in [0.2, 0.25) is 0 Å². The fourth-order valence-corrected chi connectivity index (χ4v) is 1.90. The average molecular weight is 270 g/mol. The molecule has 0 aromatic rings. The molecule has 1 N–H and O–H groups in total. The van der Waals surface area contributed by atoms with Crippen molar-refractivity contribution in [2.24, 2.45) is 0 Å². The molecule has 108 valence electrons. The van der Waals surface area contributed by atoms with Crippen LogP contribution in [0.15, 0.2) is 0 Å². The highest BCUT2D eigenvalue weighted by molar-refractivity contribution is 4.76. The Morgan fingerprint density at radius 3 is 2.50 bits per heavy atom. The van der Waals surface area contributed by atoms with Crippen LogP contribution in [-0.2, 0) is 9.47 Å². The van der Waals surface area contributed by atoms with E-state index in [-0.39, 0.29) is 12.6 Å². The Balaban J connectivity index is 2.45. The van der Waals surface area contributed by atoms with Crippen molar-refractivity contribution in [3.63, 3.8) is 0 Å². The summed E-state index contributed by atoms with van der Waals surface area (Å²) in [6, 6.07) is 0. The highest BCUT2D eigenvalue weighted by atomic mass is 19.4. The predicted octanol–water partition coefficient (Wildman–Crippen LogP) is 1.22. The van der Waals surface area contributed by atoms with Gasteiger partial charge in [-0.2, -0.15) is 13.2 Å². The van der Waals surface area contributed by atoms with E-state index in [0.717, 1.165) is 0 Å². The van der Waals surface area contributed by atoms with Crippen LogP contribution >= 0.6 is 0 Å². The number of nitrogens with one attached hydrogen (secondary N) is 1. The number of halogens is 3. The molecule has 1 saturated heterocycles. The van der Waals surface area contributed by atoms with Gasteiger partial charge >= 0.3 is 6.18 Å². The van der Waals surface area contributed by atoms with Gasteiger partial charge in [0.2, 0.25) is 0 Å². The van der Waals surface area contributed by atoms with Crippen LogP contribution in [-0.4, -0.2) is 62.8 Å². The maximum atomic E-state index is 12.4. The first-order chi connectivity index (χ1) is 8.22. The van der Waals surface area contributed by atoms with Gasteiger partial charge in [-0.05, 0) is 20.9 Å². The summed E-state index contributed by atoms with van der Waals surface area (Å²) in [6.45, 7) is 3.99. The summed E-state index contributed by atoms with van der Waals surface area (Å²) in [5, 5.41) is 2.84. The van der Waals surface area contributed by atoms with E-state index in [1.54, 1.807) is 20.9 Å². The van der Waals surface area contributed by atoms with Gasteiger partial charge in [0, 0.05) is 19.6 Å². The van der Waals surface area contributed by atoms with Gasteiger partial charge in [0.05, 0.1) is 19.3 Å². The van der Waals surface area contributed by atoms with Gasteiger partial charge in [0.1, 0.15) is 0 Å². The van der Waals surface area contributed by atoms with Crippen LogP contribution in [0.25, 0.3) is 0 Å². The van der Waals surface area contributed by atoms with Crippen molar-refractivity contribution in [3.05, 3.63) is 0 Å². The molecule has 0 saturated carbocycles. The fraction of sp³-hybridized carbons (Fsp3) is 1.00. The van der Waals surface area contributed by atoms with Gasteiger partial charge in [-0.15, -0.1) is 0 Å². The van der Waals surface area contributed by atoms with E-state index in [9.17, 15) is 13.2 Å². The lowest BCUT2D eigenvalue weighted by Gasteiger charge is -2.26. The SMILES string of the molecule is CNCCN(CC1COC(C)(C)O1)CC(F)(F)F. The Labute approximate surface area is 105 Å². The molecule has 1 aliphatic heterocycles. The highest BCUT2D eigenvalue weighted by Gasteiger charge is 2.36. The maximum Gasteiger partial charge on any atom is 0.401 e. The fourth-order valence-electron chi connectivity index (χ4n) is 1.90. The molecule has 1 aliphatic rings. The summed E-state index contributed by atoms with van der Waals surface area (Å²) in [5.41, 5.74) is 0. The number of hydrogen-bond donors (Lipinski definition) is 1. The molecule has 0 aromatic carbocycles. The Kier molecular flexibility index (Phi) is 5.39. The van der Waals surface area contributed by atoms with Gasteiger partial charge in [0.15, 0.2) is 5.79 Å². The third kappa shape index (κ3) is 5.99. The molecular formula is C11H21F3N2O2. The van der Waals surface area contributed by atoms with Gasteiger partial charge < -0.3 is 14.8 Å². The van der Waals surface area contributed by atoms with Crippen LogP contribution in [0.3, 0.4) is 0 Å². The molecule has 18 heavy (non-hydrogen) atoms. The number of alkyl halides is 3. The lowest BCUT2D eigenvalue weighted by atomic mass is 10.3. The van der Waals surface area contributed by atoms with Crippen molar-refractivity contribution >= 4 is 0 Å². The third-order valence-corrected chi connectivity index (χ3v) is 2.61. The topological polar surface area (TPSA) is 33.7 Å². The lowest BCUT2D eigenvalue weighted by Crippen LogP contribution is -2.43. The first-order valence-electron chi connectivity index (χ1n) is 5.97. The summed E-state index contributed by atoms with van der Waals surface area (Å²) < 4.78 is 48.1. The quantitative estimate of drug-likeness (QED) is 0.787. The first kappa shape index (κ1) is 15.7. The minimum atomic E-state index is -4.19. The molecule has 1 unspecified atom stereocenters. The van der Waals surface area contributed by atoms with E-state index >= 15 is 0 Å². The van der Waals surface area contributed by atoms with Crippen molar-refractivity contribution < 1.29 is 22.6 Å².